The van der Waals surface area contributed by atoms with E-state index in [0.29, 0.717) is 16.8 Å². The van der Waals surface area contributed by atoms with E-state index in [4.69, 9.17) is 0 Å². The van der Waals surface area contributed by atoms with Crippen molar-refractivity contribution in [2.45, 2.75) is 26.3 Å². The van der Waals surface area contributed by atoms with Gasteiger partial charge in [0.05, 0.1) is 0 Å². The predicted octanol–water partition coefficient (Wildman–Crippen LogP) is 4.04. The van der Waals surface area contributed by atoms with Gasteiger partial charge in [0.2, 0.25) is 0 Å². The van der Waals surface area contributed by atoms with Gasteiger partial charge >= 0.3 is 0 Å². The molecule has 128 valence electrons. The first-order valence-corrected chi connectivity index (χ1v) is 8.15. The average Bonchev–Trinajstić information content (AvgIpc) is 2.63. The molecule has 1 unspecified atom stereocenters. The van der Waals surface area contributed by atoms with Crippen molar-refractivity contribution < 1.29 is 9.18 Å². The third-order valence-electron chi connectivity index (χ3n) is 4.02. The van der Waals surface area contributed by atoms with Crippen molar-refractivity contribution in [1.82, 2.24) is 15.3 Å². The lowest BCUT2D eigenvalue weighted by Crippen LogP contribution is -2.31. The van der Waals surface area contributed by atoms with Crippen molar-refractivity contribution in [2.75, 3.05) is 5.32 Å². The van der Waals surface area contributed by atoms with Crippen LogP contribution in [0.15, 0.2) is 48.8 Å². The highest BCUT2D eigenvalue weighted by molar-refractivity contribution is 5.95. The number of amides is 1. The highest BCUT2D eigenvalue weighted by Gasteiger charge is 2.10. The number of benzene rings is 2. The van der Waals surface area contributed by atoms with Gasteiger partial charge < -0.3 is 10.6 Å². The summed E-state index contributed by atoms with van der Waals surface area (Å²) in [4.78, 5) is 20.3. The summed E-state index contributed by atoms with van der Waals surface area (Å²) >= 11 is 0. The summed E-state index contributed by atoms with van der Waals surface area (Å²) in [7, 11) is 0. The molecule has 0 aliphatic carbocycles. The minimum Gasteiger partial charge on any atom is -0.350 e. The smallest absolute Gasteiger partial charge is 0.251 e. The van der Waals surface area contributed by atoms with Gasteiger partial charge in [-0.05, 0) is 49.7 Å². The third-order valence-corrected chi connectivity index (χ3v) is 4.02. The Labute approximate surface area is 145 Å². The zero-order chi connectivity index (χ0) is 17.8. The number of anilines is 2. The molecule has 2 aromatic carbocycles. The number of rotatable bonds is 5. The summed E-state index contributed by atoms with van der Waals surface area (Å²) in [5.41, 5.74) is 1.61. The van der Waals surface area contributed by atoms with Gasteiger partial charge in [0, 0.05) is 22.7 Å². The van der Waals surface area contributed by atoms with Crippen LogP contribution >= 0.6 is 0 Å². The molecule has 0 spiro atoms. The molecule has 0 saturated carbocycles. The zero-order valence-corrected chi connectivity index (χ0v) is 14.1. The average molecular weight is 338 g/mol. The van der Waals surface area contributed by atoms with Crippen LogP contribution in [-0.2, 0) is 0 Å². The standard InChI is InChI=1S/C19H19FN4O/c1-3-12(2)23-19(25)13-7-9-14(10-8-13)24-18-15-5-4-6-16(20)17(15)21-11-22-18/h4-12H,3H2,1-2H3,(H,23,25)(H,21,22,24). The number of fused-ring (bicyclic) bond motifs is 1. The monoisotopic (exact) mass is 338 g/mol. The number of nitrogens with zero attached hydrogens (tertiary/aromatic N) is 2. The molecule has 2 N–H and O–H groups in total. The Kier molecular flexibility index (Phi) is 4.88. The van der Waals surface area contributed by atoms with Gasteiger partial charge in [0.15, 0.2) is 0 Å². The summed E-state index contributed by atoms with van der Waals surface area (Å²) in [5, 5.41) is 6.66. The van der Waals surface area contributed by atoms with E-state index in [1.807, 2.05) is 13.8 Å². The topological polar surface area (TPSA) is 66.9 Å². The van der Waals surface area contributed by atoms with E-state index < -0.39 is 0 Å². The fourth-order valence-corrected chi connectivity index (χ4v) is 2.40. The number of carbonyl (C=O) groups excluding carboxylic acids is 1. The second kappa shape index (κ2) is 7.25. The minimum absolute atomic E-state index is 0.101. The molecule has 25 heavy (non-hydrogen) atoms. The number of aromatic nitrogens is 2. The van der Waals surface area contributed by atoms with Gasteiger partial charge in [-0.1, -0.05) is 13.0 Å². The first-order chi connectivity index (χ1) is 12.1. The Hall–Kier alpha value is -3.02. The fraction of sp³-hybridized carbons (Fsp3) is 0.211. The number of para-hydroxylation sites is 1. The molecule has 0 radical (unpaired) electrons. The van der Waals surface area contributed by atoms with Crippen LogP contribution in [0.3, 0.4) is 0 Å². The number of hydrogen-bond donors (Lipinski definition) is 2. The van der Waals surface area contributed by atoms with Crippen LogP contribution in [0.4, 0.5) is 15.9 Å². The fourth-order valence-electron chi connectivity index (χ4n) is 2.40. The summed E-state index contributed by atoms with van der Waals surface area (Å²) in [6.07, 6.45) is 2.20. The van der Waals surface area contributed by atoms with Crippen molar-refractivity contribution >= 4 is 28.3 Å². The second-order valence-corrected chi connectivity index (χ2v) is 5.84. The van der Waals surface area contributed by atoms with Crippen molar-refractivity contribution in [3.63, 3.8) is 0 Å². The van der Waals surface area contributed by atoms with Gasteiger partial charge in [-0.25, -0.2) is 14.4 Å². The molecule has 3 rings (SSSR count). The molecule has 3 aromatic rings. The summed E-state index contributed by atoms with van der Waals surface area (Å²) < 4.78 is 13.8. The Morgan fingerprint density at radius 2 is 1.92 bits per heavy atom. The molecule has 0 fully saturated rings. The number of hydrogen-bond acceptors (Lipinski definition) is 4. The maximum absolute atomic E-state index is 13.8. The number of nitrogens with one attached hydrogen (secondary N) is 2. The lowest BCUT2D eigenvalue weighted by atomic mass is 10.1. The SMILES string of the molecule is CCC(C)NC(=O)c1ccc(Nc2ncnc3c(F)cccc23)cc1. The molecule has 1 atom stereocenters. The van der Waals surface area contributed by atoms with Gasteiger partial charge in [-0.15, -0.1) is 0 Å². The highest BCUT2D eigenvalue weighted by atomic mass is 19.1. The molecular formula is C19H19FN4O. The van der Waals surface area contributed by atoms with Crippen LogP contribution in [0.2, 0.25) is 0 Å². The predicted molar refractivity (Wildman–Crippen MR) is 96.4 cm³/mol. The maximum atomic E-state index is 13.8. The van der Waals surface area contributed by atoms with Gasteiger partial charge in [-0.2, -0.15) is 0 Å². The van der Waals surface area contributed by atoms with Crippen molar-refractivity contribution in [3.05, 3.63) is 60.2 Å². The number of halogens is 1. The molecule has 5 nitrogen and oxygen atoms in total. The molecule has 0 saturated heterocycles. The summed E-state index contributed by atoms with van der Waals surface area (Å²) in [6.45, 7) is 3.99. The minimum atomic E-state index is -0.389. The van der Waals surface area contributed by atoms with Crippen molar-refractivity contribution in [3.8, 4) is 0 Å². The Balaban J connectivity index is 1.81. The van der Waals surface area contributed by atoms with E-state index in [0.717, 1.165) is 12.1 Å². The van der Waals surface area contributed by atoms with E-state index in [2.05, 4.69) is 20.6 Å². The normalized spacial score (nSPS) is 12.0. The zero-order valence-electron chi connectivity index (χ0n) is 14.1. The molecule has 6 heteroatoms. The summed E-state index contributed by atoms with van der Waals surface area (Å²) in [5.74, 6) is 0.0248. The molecule has 0 aliphatic rings. The second-order valence-electron chi connectivity index (χ2n) is 5.84. The quantitative estimate of drug-likeness (QED) is 0.737. The lowest BCUT2D eigenvalue weighted by Gasteiger charge is -2.12. The van der Waals surface area contributed by atoms with Gasteiger partial charge in [0.1, 0.15) is 23.5 Å². The van der Waals surface area contributed by atoms with Crippen LogP contribution in [0.1, 0.15) is 30.6 Å². The van der Waals surface area contributed by atoms with E-state index in [9.17, 15) is 9.18 Å². The van der Waals surface area contributed by atoms with Crippen molar-refractivity contribution in [2.24, 2.45) is 0 Å². The largest absolute Gasteiger partial charge is 0.350 e. The highest BCUT2D eigenvalue weighted by Crippen LogP contribution is 2.24. The Morgan fingerprint density at radius 1 is 1.16 bits per heavy atom. The van der Waals surface area contributed by atoms with Crippen LogP contribution in [0, 0.1) is 5.82 Å². The molecular weight excluding hydrogens is 319 g/mol. The van der Waals surface area contributed by atoms with E-state index in [1.54, 1.807) is 36.4 Å². The molecule has 1 heterocycles. The van der Waals surface area contributed by atoms with Crippen LogP contribution < -0.4 is 10.6 Å². The van der Waals surface area contributed by atoms with Crippen molar-refractivity contribution in [1.29, 1.82) is 0 Å². The first-order valence-electron chi connectivity index (χ1n) is 8.15. The van der Waals surface area contributed by atoms with E-state index in [-0.39, 0.29) is 23.3 Å². The molecule has 0 aliphatic heterocycles. The van der Waals surface area contributed by atoms with Gasteiger partial charge in [0.25, 0.3) is 5.91 Å². The van der Waals surface area contributed by atoms with Crippen LogP contribution in [0.25, 0.3) is 10.9 Å². The van der Waals surface area contributed by atoms with E-state index in [1.165, 1.54) is 12.4 Å². The lowest BCUT2D eigenvalue weighted by molar-refractivity contribution is 0.0939. The first kappa shape index (κ1) is 16.8. The van der Waals surface area contributed by atoms with Crippen LogP contribution in [0.5, 0.6) is 0 Å². The Bertz CT molecular complexity index is 896. The molecule has 0 bridgehead atoms. The van der Waals surface area contributed by atoms with E-state index >= 15 is 0 Å². The van der Waals surface area contributed by atoms with Crippen LogP contribution in [-0.4, -0.2) is 21.9 Å². The maximum Gasteiger partial charge on any atom is 0.251 e. The molecule has 1 amide bonds. The Morgan fingerprint density at radius 3 is 2.64 bits per heavy atom. The molecule has 1 aromatic heterocycles. The summed E-state index contributed by atoms with van der Waals surface area (Å²) in [6, 6.07) is 11.9. The third kappa shape index (κ3) is 3.74. The number of carbonyl (C=O) groups is 1. The van der Waals surface area contributed by atoms with Gasteiger partial charge in [-0.3, -0.25) is 4.79 Å².